The van der Waals surface area contributed by atoms with Crippen LogP contribution in [0.4, 0.5) is 0 Å². The van der Waals surface area contributed by atoms with Crippen LogP contribution in [0.5, 0.6) is 11.5 Å². The van der Waals surface area contributed by atoms with Crippen molar-refractivity contribution in [3.63, 3.8) is 0 Å². The molecule has 0 bridgehead atoms. The first-order valence-corrected chi connectivity index (χ1v) is 9.03. The topological polar surface area (TPSA) is 85.9 Å². The largest absolute Gasteiger partial charge is 0.493 e. The van der Waals surface area contributed by atoms with E-state index in [4.69, 9.17) is 25.8 Å². The first-order chi connectivity index (χ1) is 13.4. The van der Waals surface area contributed by atoms with E-state index in [1.807, 2.05) is 32.0 Å². The van der Waals surface area contributed by atoms with Gasteiger partial charge in [0.1, 0.15) is 6.61 Å². The average molecular weight is 407 g/mol. The third-order valence-corrected chi connectivity index (χ3v) is 3.92. The second kappa shape index (κ2) is 10.5. The molecule has 0 fully saturated rings. The molecule has 2 aromatic rings. The van der Waals surface area contributed by atoms with E-state index in [2.05, 4.69) is 10.9 Å². The van der Waals surface area contributed by atoms with E-state index in [-0.39, 0.29) is 19.3 Å². The van der Waals surface area contributed by atoms with Gasteiger partial charge in [-0.15, -0.1) is 0 Å². The van der Waals surface area contributed by atoms with Crippen LogP contribution in [0.3, 0.4) is 0 Å². The van der Waals surface area contributed by atoms with Crippen molar-refractivity contribution >= 4 is 23.4 Å². The summed E-state index contributed by atoms with van der Waals surface area (Å²) in [6.07, 6.45) is -0.0290. The zero-order valence-electron chi connectivity index (χ0n) is 16.0. The number of halogens is 1. The third-order valence-electron chi connectivity index (χ3n) is 3.55. The molecule has 0 aliphatic rings. The zero-order chi connectivity index (χ0) is 20.5. The molecule has 0 heterocycles. The van der Waals surface area contributed by atoms with Crippen molar-refractivity contribution in [2.24, 2.45) is 0 Å². The van der Waals surface area contributed by atoms with E-state index < -0.39 is 11.8 Å². The van der Waals surface area contributed by atoms with Crippen molar-refractivity contribution in [3.8, 4) is 11.5 Å². The number of hydrazine groups is 1. The lowest BCUT2D eigenvalue weighted by Gasteiger charge is -2.14. The van der Waals surface area contributed by atoms with Gasteiger partial charge in [0.15, 0.2) is 11.5 Å². The molecule has 2 rings (SSSR count). The Balaban J connectivity index is 1.82. The highest BCUT2D eigenvalue weighted by Crippen LogP contribution is 2.28. The molecule has 0 saturated carbocycles. The molecule has 0 aliphatic carbocycles. The number of benzene rings is 2. The molecule has 0 radical (unpaired) electrons. The summed E-state index contributed by atoms with van der Waals surface area (Å²) in [4.78, 5) is 24.0. The van der Waals surface area contributed by atoms with Crippen LogP contribution in [0.2, 0.25) is 5.02 Å². The minimum atomic E-state index is -0.493. The number of amides is 2. The van der Waals surface area contributed by atoms with Gasteiger partial charge in [-0.2, -0.15) is 0 Å². The maximum absolute atomic E-state index is 12.2. The van der Waals surface area contributed by atoms with E-state index in [0.29, 0.717) is 22.1 Å². The lowest BCUT2D eigenvalue weighted by atomic mass is 10.2. The zero-order valence-corrected chi connectivity index (χ0v) is 16.7. The molecule has 0 spiro atoms. The lowest BCUT2D eigenvalue weighted by molar-refractivity contribution is -0.126. The van der Waals surface area contributed by atoms with Gasteiger partial charge < -0.3 is 14.2 Å². The predicted octanol–water partition coefficient (Wildman–Crippen LogP) is 3.11. The van der Waals surface area contributed by atoms with Gasteiger partial charge in [-0.1, -0.05) is 29.8 Å². The van der Waals surface area contributed by atoms with Gasteiger partial charge in [0.25, 0.3) is 11.8 Å². The smallest absolute Gasteiger partial charge is 0.269 e. The van der Waals surface area contributed by atoms with Gasteiger partial charge in [-0.05, 0) is 43.7 Å². The van der Waals surface area contributed by atoms with Crippen LogP contribution < -0.4 is 20.3 Å². The molecule has 7 nitrogen and oxygen atoms in total. The molecule has 0 unspecified atom stereocenters. The molecule has 28 heavy (non-hydrogen) atoms. The Labute approximate surface area is 168 Å². The van der Waals surface area contributed by atoms with Gasteiger partial charge >= 0.3 is 0 Å². The lowest BCUT2D eigenvalue weighted by Crippen LogP contribution is -2.43. The summed E-state index contributed by atoms with van der Waals surface area (Å²) in [5.41, 5.74) is 5.71. The highest BCUT2D eigenvalue weighted by Gasteiger charge is 2.13. The van der Waals surface area contributed by atoms with E-state index in [0.717, 1.165) is 5.56 Å². The predicted molar refractivity (Wildman–Crippen MR) is 105 cm³/mol. The summed E-state index contributed by atoms with van der Waals surface area (Å²) in [6, 6.07) is 11.9. The summed E-state index contributed by atoms with van der Waals surface area (Å²) in [6.45, 7) is 3.75. The highest BCUT2D eigenvalue weighted by molar-refractivity contribution is 6.31. The molecule has 2 amide bonds. The molecule has 150 valence electrons. The minimum Gasteiger partial charge on any atom is -0.493 e. The Bertz CT molecular complexity index is 826. The van der Waals surface area contributed by atoms with Crippen LogP contribution in [0.1, 0.15) is 29.8 Å². The Hall–Kier alpha value is -2.77. The molecule has 0 aromatic heterocycles. The summed E-state index contributed by atoms with van der Waals surface area (Å²) >= 11 is 6.02. The highest BCUT2D eigenvalue weighted by atomic mass is 35.5. The fourth-order valence-corrected chi connectivity index (χ4v) is 2.45. The summed E-state index contributed by atoms with van der Waals surface area (Å²) < 4.78 is 16.2. The van der Waals surface area contributed by atoms with Crippen LogP contribution in [-0.4, -0.2) is 31.6 Å². The number of methoxy groups -OCH3 is 1. The third kappa shape index (κ3) is 6.44. The van der Waals surface area contributed by atoms with Crippen molar-refractivity contribution in [2.45, 2.75) is 26.6 Å². The number of rotatable bonds is 8. The van der Waals surface area contributed by atoms with Gasteiger partial charge in [0, 0.05) is 10.6 Å². The quantitative estimate of drug-likeness (QED) is 0.658. The van der Waals surface area contributed by atoms with Crippen LogP contribution in [-0.2, 0) is 16.1 Å². The maximum Gasteiger partial charge on any atom is 0.269 e. The first kappa shape index (κ1) is 21.5. The van der Waals surface area contributed by atoms with E-state index in [1.165, 1.54) is 13.2 Å². The second-order valence-corrected chi connectivity index (χ2v) is 6.53. The summed E-state index contributed by atoms with van der Waals surface area (Å²) in [7, 11) is 1.49. The number of carbonyl (C=O) groups is 2. The van der Waals surface area contributed by atoms with Gasteiger partial charge in [-0.3, -0.25) is 20.4 Å². The van der Waals surface area contributed by atoms with Crippen molar-refractivity contribution in [2.75, 3.05) is 13.7 Å². The Morgan fingerprint density at radius 1 is 1.07 bits per heavy atom. The Morgan fingerprint density at radius 3 is 2.50 bits per heavy atom. The van der Waals surface area contributed by atoms with E-state index in [9.17, 15) is 9.59 Å². The number of hydrogen-bond donors (Lipinski definition) is 2. The van der Waals surface area contributed by atoms with Crippen molar-refractivity contribution in [3.05, 3.63) is 58.6 Å². The van der Waals surface area contributed by atoms with E-state index >= 15 is 0 Å². The molecular weight excluding hydrogens is 384 g/mol. The molecule has 0 atom stereocenters. The molecule has 0 aliphatic heterocycles. The fourth-order valence-electron chi connectivity index (χ4n) is 2.26. The molecule has 8 heteroatoms. The first-order valence-electron chi connectivity index (χ1n) is 8.65. The minimum absolute atomic E-state index is 0.0290. The van der Waals surface area contributed by atoms with E-state index in [1.54, 1.807) is 18.2 Å². The molecule has 2 aromatic carbocycles. The number of nitrogens with one attached hydrogen (secondary N) is 2. The molecule has 0 saturated heterocycles. The summed E-state index contributed by atoms with van der Waals surface area (Å²) in [5, 5.41) is 0.565. The van der Waals surface area contributed by atoms with Crippen molar-refractivity contribution < 1.29 is 23.8 Å². The molecular formula is C20H23ClN2O5. The fraction of sp³-hybridized carbons (Fsp3) is 0.300. The number of hydrogen-bond acceptors (Lipinski definition) is 5. The van der Waals surface area contributed by atoms with Gasteiger partial charge in [-0.25, -0.2) is 0 Å². The van der Waals surface area contributed by atoms with Gasteiger partial charge in [0.2, 0.25) is 0 Å². The number of ether oxygens (including phenoxy) is 3. The Kier molecular flexibility index (Phi) is 8.10. The van der Waals surface area contributed by atoms with Crippen LogP contribution >= 0.6 is 11.6 Å². The standard InChI is InChI=1S/C20H23ClN2O5/c1-13(2)28-17-9-8-14(10-18(17)26-3)20(25)23-22-19(24)12-27-11-15-6-4-5-7-16(15)21/h4-10,13H,11-12H2,1-3H3,(H,22,24)(H,23,25). The molecule has 2 N–H and O–H groups in total. The maximum atomic E-state index is 12.2. The van der Waals surface area contributed by atoms with Crippen molar-refractivity contribution in [1.29, 1.82) is 0 Å². The second-order valence-electron chi connectivity index (χ2n) is 6.12. The summed E-state index contributed by atoms with van der Waals surface area (Å²) in [5.74, 6) is -0.0252. The Morgan fingerprint density at radius 2 is 1.82 bits per heavy atom. The van der Waals surface area contributed by atoms with Crippen LogP contribution in [0.15, 0.2) is 42.5 Å². The monoisotopic (exact) mass is 406 g/mol. The number of carbonyl (C=O) groups excluding carboxylic acids is 2. The normalized spacial score (nSPS) is 10.5. The van der Waals surface area contributed by atoms with Gasteiger partial charge in [0.05, 0.1) is 19.8 Å². The SMILES string of the molecule is COc1cc(C(=O)NNC(=O)COCc2ccccc2Cl)ccc1OC(C)C. The average Bonchev–Trinajstić information content (AvgIpc) is 2.67. The van der Waals surface area contributed by atoms with Crippen LogP contribution in [0.25, 0.3) is 0 Å². The van der Waals surface area contributed by atoms with Crippen molar-refractivity contribution in [1.82, 2.24) is 10.9 Å². The van der Waals surface area contributed by atoms with Crippen LogP contribution in [0, 0.1) is 0 Å².